The number of nitrogens with zero attached hydrogens (tertiary/aromatic N) is 1. The Morgan fingerprint density at radius 1 is 1.59 bits per heavy atom. The van der Waals surface area contributed by atoms with Gasteiger partial charge in [-0.15, -0.1) is 0 Å². The Labute approximate surface area is 102 Å². The highest BCUT2D eigenvalue weighted by Crippen LogP contribution is 2.08. The maximum Gasteiger partial charge on any atom is 0.263 e. The van der Waals surface area contributed by atoms with E-state index < -0.39 is 10.0 Å². The van der Waals surface area contributed by atoms with Crippen molar-refractivity contribution in [1.29, 1.82) is 0 Å². The van der Waals surface area contributed by atoms with Crippen LogP contribution in [0, 0.1) is 0 Å². The van der Waals surface area contributed by atoms with Crippen LogP contribution in [0.3, 0.4) is 0 Å². The zero-order chi connectivity index (χ0) is 12.7. The molecule has 1 rings (SSSR count). The minimum Gasteiger partial charge on any atom is -0.280 e. The predicted octanol–water partition coefficient (Wildman–Crippen LogP) is 2.23. The van der Waals surface area contributed by atoms with Gasteiger partial charge in [0.25, 0.3) is 10.0 Å². The Hall–Kier alpha value is -1.62. The van der Waals surface area contributed by atoms with E-state index in [2.05, 4.69) is 16.3 Å². The fourth-order valence-electron chi connectivity index (χ4n) is 1.19. The van der Waals surface area contributed by atoms with Gasteiger partial charge in [-0.2, -0.15) is 0 Å². The van der Waals surface area contributed by atoms with E-state index in [-0.39, 0.29) is 4.90 Å². The molecule has 0 bridgehead atoms. The number of pyridine rings is 1. The molecule has 1 heterocycles. The molecule has 0 saturated carbocycles. The van der Waals surface area contributed by atoms with Crippen LogP contribution in [-0.2, 0) is 10.0 Å². The number of rotatable bonds is 6. The van der Waals surface area contributed by atoms with Gasteiger partial charge in [0.1, 0.15) is 4.90 Å². The highest BCUT2D eigenvalue weighted by atomic mass is 32.2. The van der Waals surface area contributed by atoms with Crippen molar-refractivity contribution in [2.45, 2.75) is 24.7 Å². The first-order valence-corrected chi connectivity index (χ1v) is 6.84. The second-order valence-corrected chi connectivity index (χ2v) is 5.13. The lowest BCUT2D eigenvalue weighted by Gasteiger charge is -2.08. The number of nitrogens with one attached hydrogen (secondary N) is 1. The van der Waals surface area contributed by atoms with Gasteiger partial charge in [0.05, 0.1) is 0 Å². The molecule has 1 aromatic heterocycles. The van der Waals surface area contributed by atoms with Gasteiger partial charge in [-0.05, 0) is 24.6 Å². The van der Waals surface area contributed by atoms with Crippen LogP contribution in [0.1, 0.15) is 19.8 Å². The van der Waals surface area contributed by atoms with Gasteiger partial charge in [-0.25, -0.2) is 8.42 Å². The average Bonchev–Trinajstić information content (AvgIpc) is 2.35. The zero-order valence-electron chi connectivity index (χ0n) is 9.76. The quantitative estimate of drug-likeness (QED) is 0.790. The molecule has 0 unspecified atom stereocenters. The van der Waals surface area contributed by atoms with E-state index in [1.54, 1.807) is 12.1 Å². The summed E-state index contributed by atoms with van der Waals surface area (Å²) >= 11 is 0. The van der Waals surface area contributed by atoms with Crippen molar-refractivity contribution in [1.82, 2.24) is 9.71 Å². The monoisotopic (exact) mass is 252 g/mol. The van der Waals surface area contributed by atoms with Crippen LogP contribution < -0.4 is 4.72 Å². The summed E-state index contributed by atoms with van der Waals surface area (Å²) in [5, 5.41) is 0. The number of unbranched alkanes of at least 4 members (excludes halogenated alkanes) is 1. The third-order valence-electron chi connectivity index (χ3n) is 2.07. The number of allylic oxidation sites excluding steroid dienone is 2. The summed E-state index contributed by atoms with van der Waals surface area (Å²) in [6.07, 6.45) is 7.89. The van der Waals surface area contributed by atoms with Gasteiger partial charge in [-0.1, -0.05) is 26.0 Å². The van der Waals surface area contributed by atoms with Crippen LogP contribution in [0.4, 0.5) is 0 Å². The number of sulfonamides is 1. The van der Waals surface area contributed by atoms with Gasteiger partial charge in [0.15, 0.2) is 0 Å². The molecule has 0 aliphatic carbocycles. The number of aromatic nitrogens is 1. The lowest BCUT2D eigenvalue weighted by Crippen LogP contribution is -2.22. The third kappa shape index (κ3) is 4.03. The van der Waals surface area contributed by atoms with Crippen molar-refractivity contribution in [2.24, 2.45) is 0 Å². The van der Waals surface area contributed by atoms with Crippen LogP contribution >= 0.6 is 0 Å². The summed E-state index contributed by atoms with van der Waals surface area (Å²) < 4.78 is 26.3. The normalized spacial score (nSPS) is 12.2. The zero-order valence-corrected chi connectivity index (χ0v) is 10.6. The standard InChI is InChI=1S/C12H16N2O2S/c1-3-5-7-11(4-2)14-17(15,16)12-8-6-9-13-10-12/h4,6-10,14H,2-3,5H2,1H3. The average molecular weight is 252 g/mol. The summed E-state index contributed by atoms with van der Waals surface area (Å²) in [6.45, 7) is 5.60. The van der Waals surface area contributed by atoms with E-state index in [0.717, 1.165) is 12.8 Å². The molecule has 4 nitrogen and oxygen atoms in total. The maximum absolute atomic E-state index is 11.9. The maximum atomic E-state index is 11.9. The molecule has 0 saturated heterocycles. The number of hydrogen-bond acceptors (Lipinski definition) is 3. The van der Waals surface area contributed by atoms with E-state index in [1.807, 2.05) is 6.92 Å². The molecule has 1 N–H and O–H groups in total. The first kappa shape index (κ1) is 13.4. The Bertz CT molecular complexity index is 492. The van der Waals surface area contributed by atoms with Gasteiger partial charge in [-0.3, -0.25) is 9.71 Å². The molecule has 0 aliphatic heterocycles. The molecule has 0 atom stereocenters. The van der Waals surface area contributed by atoms with Crippen LogP contribution in [0.5, 0.6) is 0 Å². The summed E-state index contributed by atoms with van der Waals surface area (Å²) in [5.41, 5.74) is 0.496. The Morgan fingerprint density at radius 2 is 2.35 bits per heavy atom. The van der Waals surface area contributed by atoms with Crippen LogP contribution in [-0.4, -0.2) is 13.4 Å². The first-order valence-electron chi connectivity index (χ1n) is 5.35. The SMILES string of the molecule is C=CC(=CCCC)NS(=O)(=O)c1cccnc1. The topological polar surface area (TPSA) is 59.1 Å². The molecule has 0 radical (unpaired) electrons. The predicted molar refractivity (Wildman–Crippen MR) is 67.7 cm³/mol. The minimum atomic E-state index is -3.55. The van der Waals surface area contributed by atoms with Gasteiger partial charge >= 0.3 is 0 Å². The van der Waals surface area contributed by atoms with E-state index in [4.69, 9.17) is 0 Å². The molecule has 1 aromatic rings. The highest BCUT2D eigenvalue weighted by molar-refractivity contribution is 7.89. The van der Waals surface area contributed by atoms with E-state index in [9.17, 15) is 8.42 Å². The summed E-state index contributed by atoms with van der Waals surface area (Å²) in [7, 11) is -3.55. The second kappa shape index (κ2) is 6.20. The van der Waals surface area contributed by atoms with Crippen molar-refractivity contribution < 1.29 is 8.42 Å². The van der Waals surface area contributed by atoms with Crippen LogP contribution in [0.15, 0.2) is 53.8 Å². The lowest BCUT2D eigenvalue weighted by atomic mass is 10.3. The minimum absolute atomic E-state index is 0.143. The van der Waals surface area contributed by atoms with E-state index in [0.29, 0.717) is 5.70 Å². The molecular formula is C12H16N2O2S. The smallest absolute Gasteiger partial charge is 0.263 e. The van der Waals surface area contributed by atoms with Gasteiger partial charge in [0.2, 0.25) is 0 Å². The summed E-state index contributed by atoms with van der Waals surface area (Å²) in [6, 6.07) is 3.08. The second-order valence-electron chi connectivity index (χ2n) is 3.45. The van der Waals surface area contributed by atoms with Gasteiger partial charge in [0, 0.05) is 18.1 Å². The van der Waals surface area contributed by atoms with Gasteiger partial charge < -0.3 is 0 Å². The van der Waals surface area contributed by atoms with E-state index in [1.165, 1.54) is 24.5 Å². The molecule has 0 aliphatic rings. The molecule has 17 heavy (non-hydrogen) atoms. The van der Waals surface area contributed by atoms with E-state index >= 15 is 0 Å². The molecule has 0 spiro atoms. The third-order valence-corrected chi connectivity index (χ3v) is 3.44. The van der Waals surface area contributed by atoms with Crippen molar-refractivity contribution >= 4 is 10.0 Å². The highest BCUT2D eigenvalue weighted by Gasteiger charge is 2.13. The first-order chi connectivity index (χ1) is 8.10. The Kier molecular flexibility index (Phi) is 4.90. The molecule has 0 aromatic carbocycles. The lowest BCUT2D eigenvalue weighted by molar-refractivity contribution is 0.588. The van der Waals surface area contributed by atoms with Crippen LogP contribution in [0.2, 0.25) is 0 Å². The molecule has 0 amide bonds. The molecule has 5 heteroatoms. The fourth-order valence-corrected chi connectivity index (χ4v) is 2.24. The number of hydrogen-bond donors (Lipinski definition) is 1. The van der Waals surface area contributed by atoms with Crippen LogP contribution in [0.25, 0.3) is 0 Å². The fraction of sp³-hybridized carbons (Fsp3) is 0.250. The Morgan fingerprint density at radius 3 is 2.88 bits per heavy atom. The summed E-state index contributed by atoms with van der Waals surface area (Å²) in [5.74, 6) is 0. The van der Waals surface area contributed by atoms with Crippen molar-refractivity contribution in [2.75, 3.05) is 0 Å². The molecular weight excluding hydrogens is 236 g/mol. The van der Waals surface area contributed by atoms with Crippen molar-refractivity contribution in [3.63, 3.8) is 0 Å². The van der Waals surface area contributed by atoms with Crippen molar-refractivity contribution in [3.8, 4) is 0 Å². The Balaban J connectivity index is 2.90. The molecule has 92 valence electrons. The van der Waals surface area contributed by atoms with Crippen molar-refractivity contribution in [3.05, 3.63) is 49.0 Å². The largest absolute Gasteiger partial charge is 0.280 e. The molecule has 0 fully saturated rings. The summed E-state index contributed by atoms with van der Waals surface area (Å²) in [4.78, 5) is 3.92.